The SMILES string of the molecule is BC(CC1COC(CC)(CC)C1)NC. The molecule has 82 valence electrons. The van der Waals surface area contributed by atoms with Crippen LogP contribution in [0.25, 0.3) is 0 Å². The minimum Gasteiger partial charge on any atom is -0.375 e. The predicted octanol–water partition coefficient (Wildman–Crippen LogP) is 1.15. The lowest BCUT2D eigenvalue weighted by Gasteiger charge is -2.25. The Morgan fingerprint density at radius 3 is 2.57 bits per heavy atom. The molecular formula is C11H24BNO. The third kappa shape index (κ3) is 2.74. The van der Waals surface area contributed by atoms with Crippen LogP contribution >= 0.6 is 0 Å². The summed E-state index contributed by atoms with van der Waals surface area (Å²) in [6.07, 6.45) is 4.83. The van der Waals surface area contributed by atoms with Gasteiger partial charge in [0.25, 0.3) is 0 Å². The van der Waals surface area contributed by atoms with Gasteiger partial charge in [-0.05, 0) is 44.6 Å². The molecule has 14 heavy (non-hydrogen) atoms. The van der Waals surface area contributed by atoms with Crippen LogP contribution < -0.4 is 5.32 Å². The summed E-state index contributed by atoms with van der Waals surface area (Å²) in [5.74, 6) is 1.38. The Morgan fingerprint density at radius 2 is 2.14 bits per heavy atom. The van der Waals surface area contributed by atoms with E-state index in [9.17, 15) is 0 Å². The summed E-state index contributed by atoms with van der Waals surface area (Å²) < 4.78 is 5.97. The van der Waals surface area contributed by atoms with Crippen molar-refractivity contribution in [2.75, 3.05) is 13.7 Å². The van der Waals surface area contributed by atoms with Crippen LogP contribution in [0.4, 0.5) is 0 Å². The molecule has 1 aliphatic heterocycles. The van der Waals surface area contributed by atoms with Crippen molar-refractivity contribution in [2.45, 2.75) is 51.1 Å². The molecule has 2 unspecified atom stereocenters. The van der Waals surface area contributed by atoms with Gasteiger partial charge in [-0.1, -0.05) is 13.8 Å². The maximum absolute atomic E-state index is 5.97. The van der Waals surface area contributed by atoms with E-state index in [1.807, 2.05) is 7.05 Å². The van der Waals surface area contributed by atoms with Gasteiger partial charge < -0.3 is 10.1 Å². The van der Waals surface area contributed by atoms with Gasteiger partial charge in [0.15, 0.2) is 0 Å². The first kappa shape index (κ1) is 12.1. The number of hydrogen-bond acceptors (Lipinski definition) is 2. The van der Waals surface area contributed by atoms with Crippen LogP contribution in [0.1, 0.15) is 39.5 Å². The first-order chi connectivity index (χ1) is 6.65. The van der Waals surface area contributed by atoms with Gasteiger partial charge in [-0.15, -0.1) is 0 Å². The minimum atomic E-state index is 0.206. The molecule has 1 heterocycles. The summed E-state index contributed by atoms with van der Waals surface area (Å²) in [5.41, 5.74) is 0.206. The molecule has 0 aromatic rings. The summed E-state index contributed by atoms with van der Waals surface area (Å²) in [7, 11) is 4.28. The number of hydrogen-bond donors (Lipinski definition) is 1. The van der Waals surface area contributed by atoms with E-state index in [0.29, 0.717) is 5.94 Å². The summed E-state index contributed by atoms with van der Waals surface area (Å²) >= 11 is 0. The van der Waals surface area contributed by atoms with E-state index in [1.165, 1.54) is 12.8 Å². The highest BCUT2D eigenvalue weighted by atomic mass is 16.5. The molecular weight excluding hydrogens is 173 g/mol. The van der Waals surface area contributed by atoms with Crippen LogP contribution in [0.3, 0.4) is 0 Å². The zero-order chi connectivity index (χ0) is 10.6. The van der Waals surface area contributed by atoms with Gasteiger partial charge in [0, 0.05) is 0 Å². The maximum Gasteiger partial charge on any atom is 0.123 e. The average Bonchev–Trinajstić information content (AvgIpc) is 2.62. The fraction of sp³-hybridized carbons (Fsp3) is 1.00. The normalized spacial score (nSPS) is 27.8. The molecule has 0 saturated carbocycles. The van der Waals surface area contributed by atoms with Gasteiger partial charge in [0.05, 0.1) is 12.2 Å². The highest BCUT2D eigenvalue weighted by Gasteiger charge is 2.37. The highest BCUT2D eigenvalue weighted by molar-refractivity contribution is 6.11. The van der Waals surface area contributed by atoms with Crippen molar-refractivity contribution < 1.29 is 4.74 Å². The Morgan fingerprint density at radius 1 is 1.50 bits per heavy atom. The van der Waals surface area contributed by atoms with Gasteiger partial charge in [-0.2, -0.15) is 0 Å². The summed E-state index contributed by atoms with van der Waals surface area (Å²) in [6, 6.07) is 0. The molecule has 0 amide bonds. The Bertz CT molecular complexity index is 171. The molecule has 1 N–H and O–H groups in total. The van der Waals surface area contributed by atoms with E-state index < -0.39 is 0 Å². The molecule has 1 saturated heterocycles. The van der Waals surface area contributed by atoms with Crippen LogP contribution in [-0.2, 0) is 4.74 Å². The fourth-order valence-electron chi connectivity index (χ4n) is 2.45. The van der Waals surface area contributed by atoms with Gasteiger partial charge >= 0.3 is 0 Å². The molecule has 0 aliphatic carbocycles. The van der Waals surface area contributed by atoms with Crippen molar-refractivity contribution in [3.05, 3.63) is 0 Å². The smallest absolute Gasteiger partial charge is 0.123 e. The summed E-state index contributed by atoms with van der Waals surface area (Å²) in [6.45, 7) is 5.45. The lowest BCUT2D eigenvalue weighted by Crippen LogP contribution is -2.29. The maximum atomic E-state index is 5.97. The zero-order valence-electron chi connectivity index (χ0n) is 10.1. The van der Waals surface area contributed by atoms with Crippen molar-refractivity contribution in [1.29, 1.82) is 0 Å². The van der Waals surface area contributed by atoms with Gasteiger partial charge in [0.2, 0.25) is 0 Å². The van der Waals surface area contributed by atoms with Crippen LogP contribution in [0, 0.1) is 5.92 Å². The van der Waals surface area contributed by atoms with Crippen molar-refractivity contribution >= 4 is 7.85 Å². The van der Waals surface area contributed by atoms with E-state index in [0.717, 1.165) is 25.4 Å². The Labute approximate surface area is 89.2 Å². The second-order valence-corrected chi connectivity index (χ2v) is 4.70. The van der Waals surface area contributed by atoms with Crippen molar-refractivity contribution in [3.63, 3.8) is 0 Å². The molecule has 1 fully saturated rings. The highest BCUT2D eigenvalue weighted by Crippen LogP contribution is 2.37. The lowest BCUT2D eigenvalue weighted by molar-refractivity contribution is -0.00285. The average molecular weight is 197 g/mol. The van der Waals surface area contributed by atoms with Gasteiger partial charge in [-0.25, -0.2) is 0 Å². The molecule has 2 nitrogen and oxygen atoms in total. The standard InChI is InChI=1S/C11H24BNO/c1-4-11(5-2)7-9(8-14-11)6-10(12)13-3/h9-10,13H,4-8,12H2,1-3H3. The quantitative estimate of drug-likeness (QED) is 0.667. The molecule has 0 spiro atoms. The lowest BCUT2D eigenvalue weighted by atomic mass is 9.82. The van der Waals surface area contributed by atoms with E-state index >= 15 is 0 Å². The Balaban J connectivity index is 2.40. The molecule has 1 rings (SSSR count). The van der Waals surface area contributed by atoms with Crippen molar-refractivity contribution in [2.24, 2.45) is 5.92 Å². The van der Waals surface area contributed by atoms with Crippen LogP contribution in [0.2, 0.25) is 0 Å². The molecule has 0 radical (unpaired) electrons. The fourth-order valence-corrected chi connectivity index (χ4v) is 2.45. The predicted molar refractivity (Wildman–Crippen MR) is 63.4 cm³/mol. The molecule has 0 bridgehead atoms. The first-order valence-electron chi connectivity index (χ1n) is 5.97. The summed E-state index contributed by atoms with van der Waals surface area (Å²) in [4.78, 5) is 0. The minimum absolute atomic E-state index is 0.206. The van der Waals surface area contributed by atoms with E-state index in [2.05, 4.69) is 27.0 Å². The van der Waals surface area contributed by atoms with Crippen LogP contribution in [-0.4, -0.2) is 33.0 Å². The third-order valence-electron chi connectivity index (χ3n) is 3.75. The number of nitrogens with one attached hydrogen (secondary N) is 1. The third-order valence-corrected chi connectivity index (χ3v) is 3.75. The topological polar surface area (TPSA) is 21.3 Å². The van der Waals surface area contributed by atoms with Gasteiger partial charge in [0.1, 0.15) is 7.85 Å². The first-order valence-corrected chi connectivity index (χ1v) is 5.97. The van der Waals surface area contributed by atoms with Gasteiger partial charge in [-0.3, -0.25) is 0 Å². The molecule has 0 aromatic carbocycles. The van der Waals surface area contributed by atoms with Crippen LogP contribution in [0.5, 0.6) is 0 Å². The van der Waals surface area contributed by atoms with Crippen molar-refractivity contribution in [3.8, 4) is 0 Å². The molecule has 0 aromatic heterocycles. The second-order valence-electron chi connectivity index (χ2n) is 4.70. The van der Waals surface area contributed by atoms with E-state index in [1.54, 1.807) is 0 Å². The molecule has 2 atom stereocenters. The molecule has 3 heteroatoms. The van der Waals surface area contributed by atoms with E-state index in [-0.39, 0.29) is 5.60 Å². The monoisotopic (exact) mass is 197 g/mol. The van der Waals surface area contributed by atoms with E-state index in [4.69, 9.17) is 4.74 Å². The zero-order valence-corrected chi connectivity index (χ0v) is 10.1. The largest absolute Gasteiger partial charge is 0.375 e. The Hall–Kier alpha value is -0.0151. The number of rotatable bonds is 5. The summed E-state index contributed by atoms with van der Waals surface area (Å²) in [5, 5.41) is 3.30. The number of ether oxygens (including phenoxy) is 1. The Kier molecular flexibility index (Phi) is 4.46. The van der Waals surface area contributed by atoms with Crippen LogP contribution in [0.15, 0.2) is 0 Å². The van der Waals surface area contributed by atoms with Crippen molar-refractivity contribution in [1.82, 2.24) is 5.32 Å². The molecule has 1 aliphatic rings. The second kappa shape index (κ2) is 5.17.